The Hall–Kier alpha value is -14.0. The van der Waals surface area contributed by atoms with E-state index >= 15 is 0 Å². The molecule has 0 amide bonds. The maximum atomic E-state index is 14.1. The van der Waals surface area contributed by atoms with Crippen LogP contribution in [-0.2, 0) is 0 Å². The van der Waals surface area contributed by atoms with Crippen molar-refractivity contribution in [2.75, 3.05) is 0 Å². The van der Waals surface area contributed by atoms with Gasteiger partial charge in [-0.1, -0.05) is 158 Å². The second kappa shape index (κ2) is 21.6. The summed E-state index contributed by atoms with van der Waals surface area (Å²) in [5, 5.41) is 47.5. The maximum absolute atomic E-state index is 14.1. The first kappa shape index (κ1) is 55.1. The monoisotopic (exact) mass is 1210 g/mol. The van der Waals surface area contributed by atoms with Crippen molar-refractivity contribution in [3.63, 3.8) is 0 Å². The summed E-state index contributed by atoms with van der Waals surface area (Å²) in [7, 11) is 0. The van der Waals surface area contributed by atoms with Crippen molar-refractivity contribution in [3.8, 4) is 68.8 Å². The number of para-hydroxylation sites is 4. The fourth-order valence-electron chi connectivity index (χ4n) is 14.1. The zero-order valence-electron chi connectivity index (χ0n) is 49.9. The summed E-state index contributed by atoms with van der Waals surface area (Å²) in [6, 6.07) is 90.3. The molecule has 0 aliphatic carbocycles. The highest BCUT2D eigenvalue weighted by atomic mass is 16.1. The summed E-state index contributed by atoms with van der Waals surface area (Å²) in [5.41, 5.74) is 15.6. The van der Waals surface area contributed by atoms with Crippen LogP contribution in [0.25, 0.3) is 159 Å². The summed E-state index contributed by atoms with van der Waals surface area (Å²) in [5.74, 6) is 0. The Morgan fingerprint density at radius 3 is 1.03 bits per heavy atom. The van der Waals surface area contributed by atoms with Crippen LogP contribution in [0.2, 0.25) is 0 Å². The van der Waals surface area contributed by atoms with E-state index in [1.54, 1.807) is 43.5 Å². The summed E-state index contributed by atoms with van der Waals surface area (Å²) < 4.78 is 5.04. The van der Waals surface area contributed by atoms with E-state index in [4.69, 9.17) is 15.0 Å². The van der Waals surface area contributed by atoms with E-state index in [0.29, 0.717) is 71.6 Å². The van der Waals surface area contributed by atoms with Crippen LogP contribution in [0.1, 0.15) is 22.3 Å². The Morgan fingerprint density at radius 2 is 0.589 bits per heavy atom. The SMILES string of the molecule is N#Cc1ccc2c(=O)n3c(nc4cc(-c5ccccc5)cc(-c5ccccc5)c43)c3ccc(C#N)c1c23.N#Cc1ccc2c(=O)n3c4ccccc4nc3c3ccc(-c4ccccc4)c1c23.N#Cc1ccc2c3c1c(-c1ccccc1)ccc3c(=O)n1c3ccccc3nc21. The second-order valence-corrected chi connectivity index (χ2v) is 23.2. The minimum Gasteiger partial charge on any atom is -0.268 e. The second-order valence-electron chi connectivity index (χ2n) is 23.2. The van der Waals surface area contributed by atoms with E-state index in [1.165, 1.54) is 0 Å². The zero-order chi connectivity index (χ0) is 64.2. The molecule has 13 nitrogen and oxygen atoms in total. The molecular formula is C82H42N10O3. The van der Waals surface area contributed by atoms with Crippen LogP contribution in [0.4, 0.5) is 0 Å². The minimum atomic E-state index is -0.223. The number of nitrogens with zero attached hydrogens (tertiary/aromatic N) is 10. The van der Waals surface area contributed by atoms with Crippen LogP contribution >= 0.6 is 0 Å². The van der Waals surface area contributed by atoms with Gasteiger partial charge in [0.2, 0.25) is 0 Å². The molecule has 0 spiro atoms. The molecule has 0 aliphatic heterocycles. The highest BCUT2D eigenvalue weighted by Crippen LogP contribution is 2.42. The Balaban J connectivity index is 0.000000109. The molecule has 19 rings (SSSR count). The molecule has 0 unspecified atom stereocenters. The highest BCUT2D eigenvalue weighted by molar-refractivity contribution is 6.23. The van der Waals surface area contributed by atoms with Gasteiger partial charge < -0.3 is 0 Å². The molecule has 0 bridgehead atoms. The predicted octanol–water partition coefficient (Wildman–Crippen LogP) is 16.9. The Kier molecular flexibility index (Phi) is 12.5. The number of benzene rings is 13. The van der Waals surface area contributed by atoms with Crippen molar-refractivity contribution < 1.29 is 0 Å². The first-order valence-electron chi connectivity index (χ1n) is 30.5. The number of rotatable bonds is 4. The Labute approximate surface area is 537 Å². The van der Waals surface area contributed by atoms with Gasteiger partial charge in [-0.15, -0.1) is 0 Å². The van der Waals surface area contributed by atoms with Gasteiger partial charge in [-0.05, 0) is 136 Å². The van der Waals surface area contributed by atoms with Gasteiger partial charge in [-0.2, -0.15) is 21.0 Å². The molecule has 13 heteroatoms. The van der Waals surface area contributed by atoms with Crippen LogP contribution in [0.3, 0.4) is 0 Å². The third-order valence-electron chi connectivity index (χ3n) is 18.2. The van der Waals surface area contributed by atoms with Gasteiger partial charge in [0.25, 0.3) is 16.7 Å². The zero-order valence-corrected chi connectivity index (χ0v) is 49.9. The first-order chi connectivity index (χ1) is 46.7. The summed E-state index contributed by atoms with van der Waals surface area (Å²) >= 11 is 0. The largest absolute Gasteiger partial charge is 0.268 e. The fraction of sp³-hybridized carbons (Fsp3) is 0. The van der Waals surface area contributed by atoms with E-state index < -0.39 is 0 Å². The van der Waals surface area contributed by atoms with Gasteiger partial charge >= 0.3 is 0 Å². The molecule has 0 aliphatic rings. The highest BCUT2D eigenvalue weighted by Gasteiger charge is 2.25. The van der Waals surface area contributed by atoms with Gasteiger partial charge in [0.15, 0.2) is 0 Å². The van der Waals surface area contributed by atoms with Gasteiger partial charge in [0.05, 0.1) is 79.6 Å². The molecule has 95 heavy (non-hydrogen) atoms. The Bertz CT molecular complexity index is 6600. The fourth-order valence-corrected chi connectivity index (χ4v) is 14.1. The first-order valence-corrected chi connectivity index (χ1v) is 30.5. The number of aromatic nitrogens is 6. The lowest BCUT2D eigenvalue weighted by Crippen LogP contribution is -2.14. The van der Waals surface area contributed by atoms with Crippen molar-refractivity contribution in [1.29, 1.82) is 21.0 Å². The molecule has 6 aromatic heterocycles. The van der Waals surface area contributed by atoms with E-state index in [2.05, 4.69) is 42.5 Å². The summed E-state index contributed by atoms with van der Waals surface area (Å²) in [6.45, 7) is 0. The number of hydrogen-bond donors (Lipinski definition) is 0. The predicted molar refractivity (Wildman–Crippen MR) is 376 cm³/mol. The van der Waals surface area contributed by atoms with Crippen molar-refractivity contribution >= 4 is 115 Å². The molecule has 6 heterocycles. The standard InChI is InChI=1S/C32H16N4O.2C25H13N3O/c33-17-21-11-13-24-29-25(14-12-22(18-34)28(21)29)32(37)36-30-26(20-9-5-2-6-10-20)15-23(16-27(30)35-31(24)36)19-7-3-1-4-8-19;26-14-16-10-11-19-23-18(13-12-17(22(16)23)15-6-2-1-3-7-15)24-27-20-8-4-5-9-21(20)28(24)25(19)29;26-14-16-10-11-18-23-19(13-12-17(22(16)23)15-6-2-1-3-7-15)25(29)28-21-9-5-4-8-20(21)27-24(18)28/h1-16H;2*1-13H. The number of nitriles is 4. The molecule has 0 N–H and O–H groups in total. The molecule has 19 aromatic rings. The summed E-state index contributed by atoms with van der Waals surface area (Å²) in [6.07, 6.45) is 0. The number of hydrogen-bond acceptors (Lipinski definition) is 10. The van der Waals surface area contributed by atoms with Gasteiger partial charge in [0.1, 0.15) is 16.9 Å². The summed E-state index contributed by atoms with van der Waals surface area (Å²) in [4.78, 5) is 55.5. The third-order valence-corrected chi connectivity index (χ3v) is 18.2. The van der Waals surface area contributed by atoms with E-state index in [9.17, 15) is 35.4 Å². The van der Waals surface area contributed by atoms with Crippen LogP contribution in [-0.4, -0.2) is 28.2 Å². The van der Waals surface area contributed by atoms with Crippen LogP contribution < -0.4 is 16.7 Å². The van der Waals surface area contributed by atoms with Crippen molar-refractivity contribution in [1.82, 2.24) is 28.2 Å². The normalized spacial score (nSPS) is 11.5. The van der Waals surface area contributed by atoms with Crippen LogP contribution in [0.5, 0.6) is 0 Å². The quantitative estimate of drug-likeness (QED) is 0.163. The van der Waals surface area contributed by atoms with Crippen LogP contribution in [0.15, 0.2) is 269 Å². The molecule has 438 valence electrons. The van der Waals surface area contributed by atoms with E-state index in [1.807, 2.05) is 206 Å². The molecular weight excluding hydrogens is 1170 g/mol. The minimum absolute atomic E-state index is 0.110. The van der Waals surface area contributed by atoms with Crippen molar-refractivity contribution in [3.05, 3.63) is 308 Å². The average molecular weight is 1220 g/mol. The smallest absolute Gasteiger partial charge is 0.264 e. The molecule has 0 saturated carbocycles. The molecule has 0 radical (unpaired) electrons. The number of pyridine rings is 3. The molecule has 0 saturated heterocycles. The third kappa shape index (κ3) is 8.32. The lowest BCUT2D eigenvalue weighted by Gasteiger charge is -2.13. The lowest BCUT2D eigenvalue weighted by molar-refractivity contribution is 1.19. The van der Waals surface area contributed by atoms with Gasteiger partial charge in [0, 0.05) is 70.2 Å². The molecule has 0 fully saturated rings. The Morgan fingerprint density at radius 1 is 0.263 bits per heavy atom. The molecule has 13 aromatic carbocycles. The van der Waals surface area contributed by atoms with Crippen molar-refractivity contribution in [2.24, 2.45) is 0 Å². The number of imidazole rings is 3. The molecule has 0 atom stereocenters. The average Bonchev–Trinajstić information content (AvgIpc) is 1.67. The van der Waals surface area contributed by atoms with E-state index in [-0.39, 0.29) is 16.7 Å². The maximum Gasteiger partial charge on any atom is 0.264 e. The van der Waals surface area contributed by atoms with Gasteiger partial charge in [-0.25, -0.2) is 15.0 Å². The van der Waals surface area contributed by atoms with Gasteiger partial charge in [-0.3, -0.25) is 27.6 Å². The van der Waals surface area contributed by atoms with E-state index in [0.717, 1.165) is 110 Å². The topological polar surface area (TPSA) is 198 Å². The number of fused-ring (bicyclic) bond motifs is 12. The lowest BCUT2D eigenvalue weighted by atomic mass is 9.91. The van der Waals surface area contributed by atoms with Crippen molar-refractivity contribution in [2.45, 2.75) is 0 Å². The van der Waals surface area contributed by atoms with Crippen LogP contribution in [0, 0.1) is 45.3 Å².